The molecule has 1 aliphatic heterocycles. The van der Waals surface area contributed by atoms with Gasteiger partial charge in [-0.1, -0.05) is 51.0 Å². The van der Waals surface area contributed by atoms with Crippen LogP contribution in [0.5, 0.6) is 0 Å². The Bertz CT molecular complexity index is 815. The summed E-state index contributed by atoms with van der Waals surface area (Å²) in [6, 6.07) is 4.45. The molecular weight excluding hydrogens is 372 g/mol. The molecule has 1 aliphatic carbocycles. The van der Waals surface area contributed by atoms with Gasteiger partial charge in [0.2, 0.25) is 0 Å². The van der Waals surface area contributed by atoms with E-state index in [2.05, 4.69) is 39.8 Å². The number of ether oxygens (including phenoxy) is 1. The second-order valence-corrected chi connectivity index (χ2v) is 9.49. The van der Waals surface area contributed by atoms with Crippen LogP contribution in [0.15, 0.2) is 17.7 Å². The van der Waals surface area contributed by atoms with E-state index in [9.17, 15) is 9.59 Å². The van der Waals surface area contributed by atoms with Gasteiger partial charge in [-0.3, -0.25) is 9.59 Å². The molecule has 30 heavy (non-hydrogen) atoms. The number of rotatable bonds is 7. The first-order valence-electron chi connectivity index (χ1n) is 11.8. The first-order chi connectivity index (χ1) is 14.3. The molecule has 1 aromatic carbocycles. The van der Waals surface area contributed by atoms with Gasteiger partial charge in [0.25, 0.3) is 0 Å². The lowest BCUT2D eigenvalue weighted by molar-refractivity contribution is -0.122. The molecule has 1 spiro atoms. The molecule has 1 fully saturated rings. The largest absolute Gasteiger partial charge is 0.381 e. The highest BCUT2D eigenvalue weighted by molar-refractivity contribution is 6.24. The van der Waals surface area contributed by atoms with Gasteiger partial charge in [-0.15, -0.1) is 0 Å². The highest BCUT2D eigenvalue weighted by Gasteiger charge is 2.42. The number of allylic oxidation sites excluding steroid dienone is 2. The lowest BCUT2D eigenvalue weighted by atomic mass is 9.64. The molecule has 3 heteroatoms. The Morgan fingerprint density at radius 2 is 1.67 bits per heavy atom. The third-order valence-electron chi connectivity index (χ3n) is 7.32. The number of carbonyl (C=O) groups excluding carboxylic acids is 2. The fourth-order valence-corrected chi connectivity index (χ4v) is 5.29. The molecule has 0 saturated carbocycles. The normalized spacial score (nSPS) is 20.0. The Morgan fingerprint density at radius 1 is 1.07 bits per heavy atom. The first-order valence-corrected chi connectivity index (χ1v) is 11.8. The predicted molar refractivity (Wildman–Crippen MR) is 123 cm³/mol. The molecule has 0 N–H and O–H groups in total. The van der Waals surface area contributed by atoms with Crippen LogP contribution in [-0.2, 0) is 27.2 Å². The Labute approximate surface area is 182 Å². The smallest absolute Gasteiger partial charge is 0.164 e. The molecule has 3 rings (SSSR count). The minimum Gasteiger partial charge on any atom is -0.381 e. The summed E-state index contributed by atoms with van der Waals surface area (Å²) in [5.74, 6) is 0.546. The number of hydrogen-bond acceptors (Lipinski definition) is 3. The maximum Gasteiger partial charge on any atom is 0.164 e. The summed E-state index contributed by atoms with van der Waals surface area (Å²) in [6.07, 6.45) is 6.34. The van der Waals surface area contributed by atoms with Crippen molar-refractivity contribution in [3.05, 3.63) is 40.0 Å². The van der Waals surface area contributed by atoms with Crippen LogP contribution in [0.4, 0.5) is 0 Å². The Hall–Kier alpha value is -1.74. The van der Waals surface area contributed by atoms with Gasteiger partial charge >= 0.3 is 0 Å². The molecule has 1 heterocycles. The first kappa shape index (κ1) is 22.9. The van der Waals surface area contributed by atoms with Crippen molar-refractivity contribution in [2.45, 2.75) is 86.0 Å². The van der Waals surface area contributed by atoms with Gasteiger partial charge in [-0.2, -0.15) is 0 Å². The van der Waals surface area contributed by atoms with E-state index < -0.39 is 0 Å². The Morgan fingerprint density at radius 3 is 2.20 bits per heavy atom. The number of hydrogen-bond donors (Lipinski definition) is 0. The van der Waals surface area contributed by atoms with E-state index >= 15 is 0 Å². The molecule has 0 aromatic heterocycles. The van der Waals surface area contributed by atoms with E-state index in [1.54, 1.807) is 0 Å². The van der Waals surface area contributed by atoms with Crippen LogP contribution in [-0.4, -0.2) is 24.8 Å². The van der Waals surface area contributed by atoms with Gasteiger partial charge in [0.1, 0.15) is 5.78 Å². The van der Waals surface area contributed by atoms with E-state index in [-0.39, 0.29) is 22.9 Å². The van der Waals surface area contributed by atoms with E-state index in [0.29, 0.717) is 12.8 Å². The van der Waals surface area contributed by atoms with Crippen molar-refractivity contribution >= 4 is 17.1 Å². The Balaban J connectivity index is 2.17. The van der Waals surface area contributed by atoms with Gasteiger partial charge in [0.05, 0.1) is 0 Å². The monoisotopic (exact) mass is 410 g/mol. The molecule has 164 valence electrons. The molecular formula is C27H38O3. The van der Waals surface area contributed by atoms with E-state index in [1.165, 1.54) is 16.7 Å². The van der Waals surface area contributed by atoms with Crippen molar-refractivity contribution < 1.29 is 14.3 Å². The zero-order valence-electron chi connectivity index (χ0n) is 19.5. The standard InChI is InChI=1S/C27H38O3/c1-6-19(5)23(28)15-22-16-27(9-11-30-12-10-27)17-24(29)26(22)25-20(7-2)13-18(4)14-21(25)8-3/h13-14,19H,6-12,15-17H2,1-5H3. The van der Waals surface area contributed by atoms with Crippen LogP contribution >= 0.6 is 0 Å². The van der Waals surface area contributed by atoms with Crippen molar-refractivity contribution in [2.75, 3.05) is 13.2 Å². The summed E-state index contributed by atoms with van der Waals surface area (Å²) in [7, 11) is 0. The highest BCUT2D eigenvalue weighted by Crippen LogP contribution is 2.49. The van der Waals surface area contributed by atoms with Crippen molar-refractivity contribution in [1.29, 1.82) is 0 Å². The van der Waals surface area contributed by atoms with Crippen molar-refractivity contribution in [2.24, 2.45) is 11.3 Å². The van der Waals surface area contributed by atoms with Crippen LogP contribution in [0.2, 0.25) is 0 Å². The minimum atomic E-state index is -0.0205. The summed E-state index contributed by atoms with van der Waals surface area (Å²) in [4.78, 5) is 26.7. The van der Waals surface area contributed by atoms with Crippen LogP contribution in [0.1, 0.15) is 88.5 Å². The van der Waals surface area contributed by atoms with Crippen molar-refractivity contribution in [3.8, 4) is 0 Å². The maximum absolute atomic E-state index is 13.7. The van der Waals surface area contributed by atoms with Gasteiger partial charge in [0, 0.05) is 37.5 Å². The fourth-order valence-electron chi connectivity index (χ4n) is 5.29. The van der Waals surface area contributed by atoms with Crippen LogP contribution in [0.25, 0.3) is 5.57 Å². The molecule has 1 atom stereocenters. The average molecular weight is 411 g/mol. The molecule has 0 bridgehead atoms. The second-order valence-electron chi connectivity index (χ2n) is 9.49. The Kier molecular flexibility index (Phi) is 7.34. The second kappa shape index (κ2) is 9.60. The van der Waals surface area contributed by atoms with E-state index in [4.69, 9.17) is 4.74 Å². The number of carbonyl (C=O) groups is 2. The quantitative estimate of drug-likeness (QED) is 0.550. The maximum atomic E-state index is 13.7. The third-order valence-corrected chi connectivity index (χ3v) is 7.32. The van der Waals surface area contributed by atoms with Crippen LogP contribution in [0.3, 0.4) is 0 Å². The average Bonchev–Trinajstić information content (AvgIpc) is 2.73. The van der Waals surface area contributed by atoms with Crippen LogP contribution in [0, 0.1) is 18.3 Å². The van der Waals surface area contributed by atoms with E-state index in [1.807, 2.05) is 6.92 Å². The van der Waals surface area contributed by atoms with Gasteiger partial charge < -0.3 is 4.74 Å². The minimum absolute atomic E-state index is 0.0205. The predicted octanol–water partition coefficient (Wildman–Crippen LogP) is 6.04. The topological polar surface area (TPSA) is 43.4 Å². The summed E-state index contributed by atoms with van der Waals surface area (Å²) >= 11 is 0. The van der Waals surface area contributed by atoms with Crippen LogP contribution < -0.4 is 0 Å². The van der Waals surface area contributed by atoms with Crippen molar-refractivity contribution in [1.82, 2.24) is 0 Å². The highest BCUT2D eigenvalue weighted by atomic mass is 16.5. The fraction of sp³-hybridized carbons (Fsp3) is 0.630. The number of Topliss-reactive ketones (excluding diaryl/α,β-unsaturated/α-hetero) is 2. The molecule has 0 radical (unpaired) electrons. The molecule has 1 saturated heterocycles. The number of ketones is 2. The van der Waals surface area contributed by atoms with Crippen molar-refractivity contribution in [3.63, 3.8) is 0 Å². The van der Waals surface area contributed by atoms with Gasteiger partial charge in [-0.05, 0) is 67.6 Å². The number of benzene rings is 1. The van der Waals surface area contributed by atoms with E-state index in [0.717, 1.165) is 68.4 Å². The lowest BCUT2D eigenvalue weighted by Gasteiger charge is -2.42. The third kappa shape index (κ3) is 4.61. The lowest BCUT2D eigenvalue weighted by Crippen LogP contribution is -2.36. The summed E-state index contributed by atoms with van der Waals surface area (Å²) in [5, 5.41) is 0. The molecule has 0 amide bonds. The van der Waals surface area contributed by atoms with Gasteiger partial charge in [-0.25, -0.2) is 0 Å². The number of aryl methyl sites for hydroxylation is 3. The molecule has 1 aromatic rings. The molecule has 2 aliphatic rings. The summed E-state index contributed by atoms with van der Waals surface area (Å²) in [6.45, 7) is 12.0. The zero-order chi connectivity index (χ0) is 21.9. The SMILES string of the molecule is CCc1cc(C)cc(CC)c1C1=C(CC(=O)C(C)CC)CC2(CCOCC2)CC1=O. The zero-order valence-corrected chi connectivity index (χ0v) is 19.5. The molecule has 1 unspecified atom stereocenters. The molecule has 3 nitrogen and oxygen atoms in total. The summed E-state index contributed by atoms with van der Waals surface area (Å²) in [5.41, 5.74) is 6.80. The summed E-state index contributed by atoms with van der Waals surface area (Å²) < 4.78 is 5.61. The van der Waals surface area contributed by atoms with Gasteiger partial charge in [0.15, 0.2) is 5.78 Å².